The first-order valence-corrected chi connectivity index (χ1v) is 5.74. The molecule has 1 unspecified atom stereocenters. The molecule has 16 heavy (non-hydrogen) atoms. The van der Waals surface area contributed by atoms with Gasteiger partial charge >= 0.3 is 0 Å². The molecule has 0 saturated heterocycles. The van der Waals surface area contributed by atoms with Crippen molar-refractivity contribution in [2.24, 2.45) is 0 Å². The molecule has 0 N–H and O–H groups in total. The van der Waals surface area contributed by atoms with Gasteiger partial charge in [0, 0.05) is 23.1 Å². The zero-order valence-electron chi connectivity index (χ0n) is 9.27. The van der Waals surface area contributed by atoms with E-state index in [4.69, 9.17) is 5.26 Å². The van der Waals surface area contributed by atoms with Gasteiger partial charge in [-0.25, -0.2) is 0 Å². The molecule has 1 atom stereocenters. The summed E-state index contributed by atoms with van der Waals surface area (Å²) in [6.07, 6.45) is 1.28. The van der Waals surface area contributed by atoms with E-state index in [2.05, 4.69) is 22.0 Å². The molecule has 4 heteroatoms. The molecular formula is C12H13BrN2O. The number of halogens is 1. The van der Waals surface area contributed by atoms with Crippen molar-refractivity contribution < 1.29 is 4.79 Å². The predicted molar refractivity (Wildman–Crippen MR) is 67.6 cm³/mol. The average Bonchev–Trinajstić information content (AvgIpc) is 2.28. The van der Waals surface area contributed by atoms with Crippen LogP contribution in [0.25, 0.3) is 0 Å². The van der Waals surface area contributed by atoms with Crippen molar-refractivity contribution in [1.82, 2.24) is 0 Å². The number of carbonyl (C=O) groups excluding carboxylic acids is 1. The van der Waals surface area contributed by atoms with E-state index < -0.39 is 0 Å². The summed E-state index contributed by atoms with van der Waals surface area (Å²) < 4.78 is 0.865. The Morgan fingerprint density at radius 2 is 2.31 bits per heavy atom. The lowest BCUT2D eigenvalue weighted by atomic mass is 10.1. The molecule has 3 nitrogen and oxygen atoms in total. The molecule has 0 saturated carbocycles. The second-order valence-corrected chi connectivity index (χ2v) is 4.51. The largest absolute Gasteiger partial charge is 0.370 e. The highest BCUT2D eigenvalue weighted by molar-refractivity contribution is 9.10. The van der Waals surface area contributed by atoms with Crippen molar-refractivity contribution in [2.75, 3.05) is 11.9 Å². The van der Waals surface area contributed by atoms with Crippen molar-refractivity contribution in [3.05, 3.63) is 28.2 Å². The van der Waals surface area contributed by atoms with Crippen LogP contribution in [0.15, 0.2) is 22.7 Å². The molecule has 0 aliphatic heterocycles. The molecule has 1 aromatic rings. The van der Waals surface area contributed by atoms with Crippen LogP contribution < -0.4 is 4.90 Å². The maximum atomic E-state index is 10.6. The smallest absolute Gasteiger partial charge is 0.150 e. The lowest BCUT2D eigenvalue weighted by Crippen LogP contribution is -2.28. The first kappa shape index (κ1) is 12.7. The minimum absolute atomic E-state index is 0.142. The van der Waals surface area contributed by atoms with Gasteiger partial charge in [0.25, 0.3) is 0 Å². The van der Waals surface area contributed by atoms with Crippen LogP contribution in [0, 0.1) is 11.3 Å². The van der Waals surface area contributed by atoms with E-state index in [0.29, 0.717) is 12.0 Å². The normalized spacial score (nSPS) is 11.6. The van der Waals surface area contributed by atoms with Crippen LogP contribution in [0.4, 0.5) is 5.69 Å². The molecule has 0 fully saturated rings. The molecule has 84 valence electrons. The minimum atomic E-state index is 0.142. The Bertz CT molecular complexity index is 426. The van der Waals surface area contributed by atoms with Crippen LogP contribution in [-0.2, 0) is 0 Å². The number of aldehydes is 1. The Kier molecular flexibility index (Phi) is 4.51. The summed E-state index contributed by atoms with van der Waals surface area (Å²) in [6, 6.07) is 7.71. The molecule has 0 aliphatic rings. The van der Waals surface area contributed by atoms with E-state index in [1.807, 2.05) is 24.9 Å². The maximum absolute atomic E-state index is 10.6. The highest BCUT2D eigenvalue weighted by Crippen LogP contribution is 2.27. The maximum Gasteiger partial charge on any atom is 0.150 e. The van der Waals surface area contributed by atoms with E-state index in [0.717, 1.165) is 16.4 Å². The van der Waals surface area contributed by atoms with Gasteiger partial charge in [-0.1, -0.05) is 0 Å². The van der Waals surface area contributed by atoms with Crippen molar-refractivity contribution in [2.45, 2.75) is 19.4 Å². The zero-order chi connectivity index (χ0) is 12.1. The van der Waals surface area contributed by atoms with Gasteiger partial charge in [-0.05, 0) is 41.1 Å². The summed E-state index contributed by atoms with van der Waals surface area (Å²) >= 11 is 3.42. The lowest BCUT2D eigenvalue weighted by molar-refractivity contribution is 0.112. The third-order valence-corrected chi connectivity index (χ3v) is 3.17. The first-order chi connectivity index (χ1) is 7.60. The predicted octanol–water partition coefficient (Wildman–Crippen LogP) is 3.00. The van der Waals surface area contributed by atoms with Gasteiger partial charge in [-0.2, -0.15) is 5.26 Å². The number of hydrogen-bond donors (Lipinski definition) is 0. The summed E-state index contributed by atoms with van der Waals surface area (Å²) in [7, 11) is 1.93. The summed E-state index contributed by atoms with van der Waals surface area (Å²) in [4.78, 5) is 12.6. The number of rotatable bonds is 4. The topological polar surface area (TPSA) is 44.1 Å². The second-order valence-electron chi connectivity index (χ2n) is 3.65. The fourth-order valence-corrected chi connectivity index (χ4v) is 2.07. The Labute approximate surface area is 104 Å². The van der Waals surface area contributed by atoms with E-state index in [9.17, 15) is 4.79 Å². The monoisotopic (exact) mass is 280 g/mol. The molecule has 0 spiro atoms. The van der Waals surface area contributed by atoms with Crippen molar-refractivity contribution in [3.8, 4) is 6.07 Å². The van der Waals surface area contributed by atoms with Gasteiger partial charge < -0.3 is 4.90 Å². The molecule has 1 aromatic carbocycles. The number of carbonyl (C=O) groups is 1. The van der Waals surface area contributed by atoms with Gasteiger partial charge in [-0.3, -0.25) is 4.79 Å². The molecule has 0 heterocycles. The van der Waals surface area contributed by atoms with Crippen LogP contribution in [0.1, 0.15) is 23.7 Å². The molecule has 0 radical (unpaired) electrons. The van der Waals surface area contributed by atoms with Crippen molar-refractivity contribution >= 4 is 27.9 Å². The molecule has 0 aromatic heterocycles. The second kappa shape index (κ2) is 5.66. The fraction of sp³-hybridized carbons (Fsp3) is 0.333. The van der Waals surface area contributed by atoms with Crippen LogP contribution in [-0.4, -0.2) is 19.4 Å². The molecule has 0 bridgehead atoms. The van der Waals surface area contributed by atoms with E-state index in [1.165, 1.54) is 0 Å². The van der Waals surface area contributed by atoms with Crippen molar-refractivity contribution in [3.63, 3.8) is 0 Å². The van der Waals surface area contributed by atoms with Gasteiger partial charge in [0.05, 0.1) is 18.2 Å². The van der Waals surface area contributed by atoms with Gasteiger partial charge in [0.1, 0.15) is 6.29 Å². The summed E-state index contributed by atoms with van der Waals surface area (Å²) in [5, 5.41) is 8.65. The van der Waals surface area contributed by atoms with Crippen LogP contribution in [0.5, 0.6) is 0 Å². The SMILES string of the molecule is CC(CC#N)N(C)c1ccc(C=O)cc1Br. The Balaban J connectivity index is 2.96. The Hall–Kier alpha value is -1.34. The number of nitriles is 1. The summed E-state index contributed by atoms with van der Waals surface area (Å²) in [6.45, 7) is 1.99. The number of benzene rings is 1. The van der Waals surface area contributed by atoms with Gasteiger partial charge in [-0.15, -0.1) is 0 Å². The molecule has 1 rings (SSSR count). The highest BCUT2D eigenvalue weighted by Gasteiger charge is 2.12. The van der Waals surface area contributed by atoms with Gasteiger partial charge in [0.15, 0.2) is 0 Å². The van der Waals surface area contributed by atoms with E-state index in [-0.39, 0.29) is 6.04 Å². The summed E-state index contributed by atoms with van der Waals surface area (Å²) in [5.74, 6) is 0. The van der Waals surface area contributed by atoms with Crippen LogP contribution in [0.3, 0.4) is 0 Å². The van der Waals surface area contributed by atoms with E-state index in [1.54, 1.807) is 12.1 Å². The standard InChI is InChI=1S/C12H13BrN2O/c1-9(5-6-14)15(2)12-4-3-10(8-16)7-11(12)13/h3-4,7-9H,5H2,1-2H3. The third-order valence-electron chi connectivity index (χ3n) is 2.54. The highest BCUT2D eigenvalue weighted by atomic mass is 79.9. The molecule has 0 aliphatic carbocycles. The summed E-state index contributed by atoms with van der Waals surface area (Å²) in [5.41, 5.74) is 1.62. The average molecular weight is 281 g/mol. The minimum Gasteiger partial charge on any atom is -0.370 e. The Morgan fingerprint density at radius 3 is 2.81 bits per heavy atom. The van der Waals surface area contributed by atoms with Crippen LogP contribution >= 0.6 is 15.9 Å². The fourth-order valence-electron chi connectivity index (χ4n) is 1.39. The number of nitrogens with zero attached hydrogens (tertiary/aromatic N) is 2. The van der Waals surface area contributed by atoms with E-state index >= 15 is 0 Å². The van der Waals surface area contributed by atoms with Crippen LogP contribution in [0.2, 0.25) is 0 Å². The lowest BCUT2D eigenvalue weighted by Gasteiger charge is -2.26. The third kappa shape index (κ3) is 2.83. The number of hydrogen-bond acceptors (Lipinski definition) is 3. The quantitative estimate of drug-likeness (QED) is 0.797. The van der Waals surface area contributed by atoms with Crippen molar-refractivity contribution in [1.29, 1.82) is 5.26 Å². The molecule has 0 amide bonds. The number of anilines is 1. The first-order valence-electron chi connectivity index (χ1n) is 4.94. The Morgan fingerprint density at radius 1 is 1.62 bits per heavy atom. The van der Waals surface area contributed by atoms with Gasteiger partial charge in [0.2, 0.25) is 0 Å². The molecular weight excluding hydrogens is 268 g/mol. The zero-order valence-corrected chi connectivity index (χ0v) is 10.9.